The molecule has 2 saturated carbocycles. The van der Waals surface area contributed by atoms with Crippen LogP contribution in [0.4, 0.5) is 5.69 Å². The van der Waals surface area contributed by atoms with Crippen LogP contribution in [-0.2, 0) is 32.1 Å². The van der Waals surface area contributed by atoms with Gasteiger partial charge >= 0.3 is 0 Å². The van der Waals surface area contributed by atoms with E-state index in [4.69, 9.17) is 5.73 Å². The van der Waals surface area contributed by atoms with E-state index >= 15 is 0 Å². The highest BCUT2D eigenvalue weighted by Gasteiger charge is 2.66. The molecule has 5 N–H and O–H groups in total. The quantitative estimate of drug-likeness (QED) is 0.317. The predicted octanol–water partition coefficient (Wildman–Crippen LogP) is -0.107. The van der Waals surface area contributed by atoms with Crippen LogP contribution in [0.15, 0.2) is 6.07 Å². The number of amides is 1. The number of carbonyl (C=O) groups excluding carboxylic acids is 5. The van der Waals surface area contributed by atoms with Crippen LogP contribution in [0.25, 0.3) is 0 Å². The monoisotopic (exact) mass is 485 g/mol. The number of Topliss-reactive ketones (excluding diaryl/α,β-unsaturated/α-hetero) is 4. The third kappa shape index (κ3) is 3.66. The second kappa shape index (κ2) is 8.83. The van der Waals surface area contributed by atoms with E-state index < -0.39 is 58.3 Å². The van der Waals surface area contributed by atoms with Crippen molar-refractivity contribution in [3.63, 3.8) is 0 Å². The molecule has 0 aromatic heterocycles. The van der Waals surface area contributed by atoms with Crippen LogP contribution < -0.4 is 16.0 Å². The van der Waals surface area contributed by atoms with Gasteiger partial charge in [0.05, 0.1) is 11.5 Å². The lowest BCUT2D eigenvalue weighted by molar-refractivity contribution is -0.175. The van der Waals surface area contributed by atoms with Gasteiger partial charge in [-0.05, 0) is 43.4 Å². The standard InChI is InChI=1S/C25H31N3O7/c1-4-5-27-10-12-8-15(28(2)3)14-7-11-6-13-9-16(29)19(24(26)34)23(33)25(13,35)22(32)17(11)21(31)18(14)20(12)30/h8,11,13,17,19,27,30,35H,4-7,9-10H2,1-3H3,(H2,26,34)/t11-,13+,17?,19?,25+/m1/s1. The van der Waals surface area contributed by atoms with E-state index in [-0.39, 0.29) is 30.6 Å². The molecule has 1 aromatic rings. The molecule has 5 atom stereocenters. The number of phenols is 1. The summed E-state index contributed by atoms with van der Waals surface area (Å²) in [6, 6.07) is 1.82. The summed E-state index contributed by atoms with van der Waals surface area (Å²) in [5.41, 5.74) is 4.43. The first-order chi connectivity index (χ1) is 16.4. The number of phenolic OH excluding ortho intramolecular Hbond substituents is 1. The summed E-state index contributed by atoms with van der Waals surface area (Å²) in [5, 5.41) is 25.5. The second-order valence-corrected chi connectivity index (χ2v) is 10.1. The summed E-state index contributed by atoms with van der Waals surface area (Å²) in [6.45, 7) is 3.03. The lowest BCUT2D eigenvalue weighted by atomic mass is 9.53. The van der Waals surface area contributed by atoms with Crippen molar-refractivity contribution in [2.45, 2.75) is 44.8 Å². The number of ketones is 4. The van der Waals surface area contributed by atoms with E-state index in [2.05, 4.69) is 5.32 Å². The van der Waals surface area contributed by atoms with Crippen molar-refractivity contribution in [2.75, 3.05) is 25.5 Å². The van der Waals surface area contributed by atoms with Crippen molar-refractivity contribution in [3.8, 4) is 5.75 Å². The van der Waals surface area contributed by atoms with Gasteiger partial charge in [0, 0.05) is 44.2 Å². The summed E-state index contributed by atoms with van der Waals surface area (Å²) in [7, 11) is 3.64. The number of carbonyl (C=O) groups is 5. The lowest BCUT2D eigenvalue weighted by Gasteiger charge is -2.48. The fourth-order valence-electron chi connectivity index (χ4n) is 6.00. The average Bonchev–Trinajstić information content (AvgIpc) is 2.77. The molecule has 2 unspecified atom stereocenters. The maximum Gasteiger partial charge on any atom is 0.235 e. The van der Waals surface area contributed by atoms with Crippen LogP contribution in [0.2, 0.25) is 0 Å². The van der Waals surface area contributed by atoms with Gasteiger partial charge in [0.25, 0.3) is 0 Å². The van der Waals surface area contributed by atoms with Crippen molar-refractivity contribution < 1.29 is 34.2 Å². The van der Waals surface area contributed by atoms with Crippen LogP contribution in [0.5, 0.6) is 5.75 Å². The molecule has 3 aliphatic carbocycles. The van der Waals surface area contributed by atoms with Crippen LogP contribution in [0.1, 0.15) is 47.7 Å². The topological polar surface area (TPSA) is 167 Å². The smallest absolute Gasteiger partial charge is 0.235 e. The number of nitrogens with two attached hydrogens (primary N) is 1. The maximum atomic E-state index is 13.7. The molecule has 1 amide bonds. The number of rotatable bonds is 6. The molecule has 10 heteroatoms. The van der Waals surface area contributed by atoms with Gasteiger partial charge in [-0.1, -0.05) is 6.92 Å². The van der Waals surface area contributed by atoms with E-state index in [0.717, 1.165) is 12.1 Å². The van der Waals surface area contributed by atoms with Crippen molar-refractivity contribution in [1.29, 1.82) is 0 Å². The molecule has 0 radical (unpaired) electrons. The number of nitrogens with one attached hydrogen (secondary N) is 1. The lowest BCUT2D eigenvalue weighted by Crippen LogP contribution is -2.68. The summed E-state index contributed by atoms with van der Waals surface area (Å²) in [5.74, 6) is -9.95. The summed E-state index contributed by atoms with van der Waals surface area (Å²) in [6.07, 6.45) is 0.871. The van der Waals surface area contributed by atoms with Gasteiger partial charge in [0.2, 0.25) is 5.91 Å². The molecule has 0 heterocycles. The minimum atomic E-state index is -2.64. The number of hydrogen-bond acceptors (Lipinski definition) is 9. The Bertz CT molecular complexity index is 1140. The molecule has 188 valence electrons. The van der Waals surface area contributed by atoms with Crippen molar-refractivity contribution in [2.24, 2.45) is 29.4 Å². The van der Waals surface area contributed by atoms with Crippen LogP contribution >= 0.6 is 0 Å². The Morgan fingerprint density at radius 2 is 1.89 bits per heavy atom. The zero-order valence-corrected chi connectivity index (χ0v) is 20.1. The Morgan fingerprint density at radius 1 is 1.20 bits per heavy atom. The number of hydrogen-bond donors (Lipinski definition) is 4. The Balaban J connectivity index is 1.80. The summed E-state index contributed by atoms with van der Waals surface area (Å²) >= 11 is 0. The zero-order chi connectivity index (χ0) is 25.8. The molecular formula is C25H31N3O7. The number of benzene rings is 1. The molecule has 10 nitrogen and oxygen atoms in total. The minimum absolute atomic E-state index is 0.0203. The van der Waals surface area contributed by atoms with Crippen molar-refractivity contribution >= 4 is 34.7 Å². The highest BCUT2D eigenvalue weighted by Crippen LogP contribution is 2.51. The van der Waals surface area contributed by atoms with Crippen LogP contribution in [0.3, 0.4) is 0 Å². The summed E-state index contributed by atoms with van der Waals surface area (Å²) < 4.78 is 0. The predicted molar refractivity (Wildman–Crippen MR) is 125 cm³/mol. The molecule has 0 saturated heterocycles. The van der Waals surface area contributed by atoms with Crippen LogP contribution in [-0.4, -0.2) is 65.5 Å². The van der Waals surface area contributed by atoms with Gasteiger partial charge in [-0.25, -0.2) is 0 Å². The fraction of sp³-hybridized carbons (Fsp3) is 0.560. The van der Waals surface area contributed by atoms with E-state index in [1.165, 1.54) is 0 Å². The van der Waals surface area contributed by atoms with Crippen LogP contribution in [0, 0.1) is 23.7 Å². The largest absolute Gasteiger partial charge is 0.507 e. The zero-order valence-electron chi connectivity index (χ0n) is 20.1. The van der Waals surface area contributed by atoms with Crippen molar-refractivity contribution in [3.05, 3.63) is 22.8 Å². The van der Waals surface area contributed by atoms with Gasteiger partial charge in [0.15, 0.2) is 34.7 Å². The molecule has 3 aliphatic rings. The highest BCUT2D eigenvalue weighted by atomic mass is 16.3. The first kappa shape index (κ1) is 25.0. The third-order valence-corrected chi connectivity index (χ3v) is 7.68. The van der Waals surface area contributed by atoms with E-state index in [0.29, 0.717) is 24.2 Å². The Morgan fingerprint density at radius 3 is 2.49 bits per heavy atom. The summed E-state index contributed by atoms with van der Waals surface area (Å²) in [4.78, 5) is 66.4. The Hall–Kier alpha value is -3.11. The molecule has 0 spiro atoms. The first-order valence-electron chi connectivity index (χ1n) is 11.9. The van der Waals surface area contributed by atoms with E-state index in [9.17, 15) is 34.2 Å². The fourth-order valence-corrected chi connectivity index (χ4v) is 6.00. The molecule has 35 heavy (non-hydrogen) atoms. The number of fused-ring (bicyclic) bond motifs is 3. The normalized spacial score (nSPS) is 29.9. The number of anilines is 1. The SMILES string of the molecule is CCCNCc1cc(N(C)C)c2c(c1O)C(=O)C1C(=O)[C@]3(O)C(=O)C(C(N)=O)C(=O)C[C@@H]3C[C@@H]1C2. The second-order valence-electron chi connectivity index (χ2n) is 10.1. The van der Waals surface area contributed by atoms with Gasteiger partial charge in [-0.2, -0.15) is 0 Å². The Kier molecular flexibility index (Phi) is 6.31. The van der Waals surface area contributed by atoms with Gasteiger partial charge in [-0.3, -0.25) is 24.0 Å². The van der Waals surface area contributed by atoms with E-state index in [1.807, 2.05) is 32.0 Å². The van der Waals surface area contributed by atoms with Gasteiger partial charge < -0.3 is 26.2 Å². The van der Waals surface area contributed by atoms with Gasteiger partial charge in [-0.15, -0.1) is 0 Å². The number of aromatic hydroxyl groups is 1. The molecule has 0 aliphatic heterocycles. The molecular weight excluding hydrogens is 454 g/mol. The third-order valence-electron chi connectivity index (χ3n) is 7.68. The highest BCUT2D eigenvalue weighted by molar-refractivity contribution is 6.31. The van der Waals surface area contributed by atoms with Crippen molar-refractivity contribution in [1.82, 2.24) is 5.32 Å². The molecule has 2 fully saturated rings. The molecule has 1 aromatic carbocycles. The minimum Gasteiger partial charge on any atom is -0.507 e. The maximum absolute atomic E-state index is 13.7. The van der Waals surface area contributed by atoms with E-state index in [1.54, 1.807) is 0 Å². The average molecular weight is 486 g/mol. The van der Waals surface area contributed by atoms with Gasteiger partial charge in [0.1, 0.15) is 5.75 Å². The number of aliphatic hydroxyl groups is 1. The first-order valence-corrected chi connectivity index (χ1v) is 11.9. The Labute approximate surface area is 202 Å². The molecule has 0 bridgehead atoms. The number of primary amides is 1. The molecule has 4 rings (SSSR count). The number of nitrogens with zero attached hydrogens (tertiary/aromatic N) is 1.